The molecule has 2 rings (SSSR count). The third kappa shape index (κ3) is 0.845. The van der Waals surface area contributed by atoms with Gasteiger partial charge in [0, 0.05) is 21.8 Å². The summed E-state index contributed by atoms with van der Waals surface area (Å²) in [5.74, 6) is 0. The lowest BCUT2D eigenvalue weighted by molar-refractivity contribution is 1.20. The highest BCUT2D eigenvalue weighted by atomic mass is 14.9. The van der Waals surface area contributed by atoms with E-state index in [-0.39, 0.29) is 0 Å². The summed E-state index contributed by atoms with van der Waals surface area (Å²) in [5.41, 5.74) is 2.27. The molecule has 1 aromatic rings. The van der Waals surface area contributed by atoms with E-state index in [2.05, 4.69) is 43.4 Å². The van der Waals surface area contributed by atoms with Crippen LogP contribution in [0, 0.1) is 0 Å². The van der Waals surface area contributed by atoms with E-state index in [1.54, 1.807) is 0 Å². The first kappa shape index (κ1) is 6.47. The molecule has 1 aromatic carbocycles. The van der Waals surface area contributed by atoms with Gasteiger partial charge in [-0.25, -0.2) is 0 Å². The van der Waals surface area contributed by atoms with E-state index in [4.69, 9.17) is 0 Å². The Bertz CT molecular complexity index is 362. The van der Waals surface area contributed by atoms with E-state index >= 15 is 0 Å². The zero-order valence-corrected chi connectivity index (χ0v) is 6.76. The Hall–Kier alpha value is -1.24. The van der Waals surface area contributed by atoms with Gasteiger partial charge in [-0.1, -0.05) is 24.3 Å². The molecule has 0 aliphatic carbocycles. The summed E-state index contributed by atoms with van der Waals surface area (Å²) in [5, 5.41) is 6.96. The quantitative estimate of drug-likeness (QED) is 0.505. The summed E-state index contributed by atoms with van der Waals surface area (Å²) >= 11 is 0. The smallest absolute Gasteiger partial charge is 0.0455 e. The van der Waals surface area contributed by atoms with Gasteiger partial charge in [-0.2, -0.15) is 0 Å². The monoisotopic (exact) mass is 144 g/mol. The van der Waals surface area contributed by atoms with Gasteiger partial charge in [-0.3, -0.25) is 5.32 Å². The summed E-state index contributed by atoms with van der Waals surface area (Å²) < 4.78 is 0. The van der Waals surface area contributed by atoms with Crippen molar-refractivity contribution >= 4 is 11.4 Å². The number of hydrogen-bond acceptors (Lipinski definition) is 0. The van der Waals surface area contributed by atoms with Gasteiger partial charge in [-0.15, -0.1) is 0 Å². The molecule has 0 amide bonds. The summed E-state index contributed by atoms with van der Waals surface area (Å²) in [4.78, 5) is 0. The van der Waals surface area contributed by atoms with Gasteiger partial charge in [-0.05, 0) is 13.8 Å². The molecule has 1 heteroatoms. The number of benzene rings is 1. The summed E-state index contributed by atoms with van der Waals surface area (Å²) in [6.07, 6.45) is 0. The molecule has 1 nitrogen and oxygen atoms in total. The second-order valence-electron chi connectivity index (χ2n) is 2.83. The van der Waals surface area contributed by atoms with Crippen LogP contribution >= 0.6 is 0 Å². The van der Waals surface area contributed by atoms with Gasteiger partial charge in [0.25, 0.3) is 0 Å². The topological polar surface area (TPSA) is 14.1 Å². The average Bonchev–Trinajstić information content (AvgIpc) is 2.30. The Labute approximate surface area is 66.1 Å². The second-order valence-corrected chi connectivity index (χ2v) is 2.83. The Kier molecular flexibility index (Phi) is 1.25. The molecule has 0 spiro atoms. The maximum absolute atomic E-state index is 4.39. The number of hydrogen-bond donors (Lipinski definition) is 0. The van der Waals surface area contributed by atoms with E-state index in [9.17, 15) is 0 Å². The van der Waals surface area contributed by atoms with Crippen LogP contribution in [0.25, 0.3) is 11.4 Å². The second kappa shape index (κ2) is 2.12. The molecule has 1 aliphatic heterocycles. The molecule has 11 heavy (non-hydrogen) atoms. The Morgan fingerprint density at radius 1 is 0.909 bits per heavy atom. The predicted molar refractivity (Wildman–Crippen MR) is 46.0 cm³/mol. The first-order valence-electron chi connectivity index (χ1n) is 3.77. The highest BCUT2D eigenvalue weighted by Crippen LogP contribution is 1.98. The summed E-state index contributed by atoms with van der Waals surface area (Å²) in [6, 6.07) is 8.34. The fourth-order valence-corrected chi connectivity index (χ4v) is 1.49. The van der Waals surface area contributed by atoms with Crippen molar-refractivity contribution in [1.82, 2.24) is 5.32 Å². The van der Waals surface area contributed by atoms with E-state index < -0.39 is 0 Å². The lowest BCUT2D eigenvalue weighted by atomic mass is 10.2. The highest BCUT2D eigenvalue weighted by molar-refractivity contribution is 5.60. The van der Waals surface area contributed by atoms with Crippen molar-refractivity contribution in [2.24, 2.45) is 0 Å². The SMILES string of the molecule is CC1=c2ccccc2=C(C)[N]1. The standard InChI is InChI=1S/C10H10N/c1-7-9-5-3-4-6-10(9)8(2)11-7/h3-6H,1-2H3. The molecule has 1 heterocycles. The van der Waals surface area contributed by atoms with Gasteiger partial charge in [0.1, 0.15) is 0 Å². The first-order valence-corrected chi connectivity index (χ1v) is 3.77. The average molecular weight is 144 g/mol. The molecular formula is C10H10N. The fourth-order valence-electron chi connectivity index (χ4n) is 1.49. The zero-order chi connectivity index (χ0) is 7.84. The van der Waals surface area contributed by atoms with Crippen molar-refractivity contribution in [3.05, 3.63) is 34.7 Å². The molecule has 1 aliphatic rings. The molecular weight excluding hydrogens is 134 g/mol. The minimum absolute atomic E-state index is 1.14. The Morgan fingerprint density at radius 2 is 1.36 bits per heavy atom. The van der Waals surface area contributed by atoms with Crippen LogP contribution in [-0.2, 0) is 0 Å². The van der Waals surface area contributed by atoms with E-state index in [1.807, 2.05) is 0 Å². The van der Waals surface area contributed by atoms with Crippen molar-refractivity contribution < 1.29 is 0 Å². The minimum Gasteiger partial charge on any atom is -0.257 e. The van der Waals surface area contributed by atoms with Crippen LogP contribution in [0.15, 0.2) is 24.3 Å². The van der Waals surface area contributed by atoms with Crippen LogP contribution < -0.4 is 15.8 Å². The van der Waals surface area contributed by atoms with Crippen molar-refractivity contribution in [2.75, 3.05) is 0 Å². The van der Waals surface area contributed by atoms with Crippen LogP contribution in [0.5, 0.6) is 0 Å². The minimum atomic E-state index is 1.14. The normalized spacial score (nSPS) is 14.7. The van der Waals surface area contributed by atoms with Crippen LogP contribution in [0.4, 0.5) is 0 Å². The molecule has 0 atom stereocenters. The molecule has 55 valence electrons. The third-order valence-electron chi connectivity index (χ3n) is 2.04. The molecule has 0 unspecified atom stereocenters. The largest absolute Gasteiger partial charge is 0.257 e. The van der Waals surface area contributed by atoms with Crippen LogP contribution in [0.2, 0.25) is 0 Å². The van der Waals surface area contributed by atoms with Gasteiger partial charge in [0.2, 0.25) is 0 Å². The van der Waals surface area contributed by atoms with Gasteiger partial charge >= 0.3 is 0 Å². The van der Waals surface area contributed by atoms with Gasteiger partial charge < -0.3 is 0 Å². The highest BCUT2D eigenvalue weighted by Gasteiger charge is 2.04. The molecule has 0 saturated carbocycles. The van der Waals surface area contributed by atoms with Crippen LogP contribution in [0.3, 0.4) is 0 Å². The van der Waals surface area contributed by atoms with Crippen molar-refractivity contribution in [2.45, 2.75) is 13.8 Å². The first-order chi connectivity index (χ1) is 5.29. The number of fused-ring (bicyclic) bond motifs is 1. The summed E-state index contributed by atoms with van der Waals surface area (Å²) in [7, 11) is 0. The van der Waals surface area contributed by atoms with Crippen LogP contribution in [0.1, 0.15) is 13.8 Å². The maximum atomic E-state index is 4.39. The molecule has 0 bridgehead atoms. The van der Waals surface area contributed by atoms with Gasteiger partial charge in [0.05, 0.1) is 0 Å². The van der Waals surface area contributed by atoms with Crippen LogP contribution in [-0.4, -0.2) is 0 Å². The molecule has 1 radical (unpaired) electrons. The van der Waals surface area contributed by atoms with Crippen molar-refractivity contribution in [3.8, 4) is 0 Å². The molecule has 0 N–H and O–H groups in total. The third-order valence-corrected chi connectivity index (χ3v) is 2.04. The lowest BCUT2D eigenvalue weighted by Crippen LogP contribution is -2.22. The molecule has 0 saturated heterocycles. The lowest BCUT2D eigenvalue weighted by Gasteiger charge is -1.91. The van der Waals surface area contributed by atoms with Crippen molar-refractivity contribution in [1.29, 1.82) is 0 Å². The van der Waals surface area contributed by atoms with E-state index in [0.29, 0.717) is 0 Å². The number of rotatable bonds is 0. The molecule has 0 fully saturated rings. The summed E-state index contributed by atoms with van der Waals surface area (Å²) in [6.45, 7) is 4.10. The predicted octanol–water partition coefficient (Wildman–Crippen LogP) is 0.561. The Balaban J connectivity index is 2.98. The molecule has 0 aromatic heterocycles. The number of nitrogens with zero attached hydrogens (tertiary/aromatic N) is 1. The Morgan fingerprint density at radius 3 is 1.82 bits per heavy atom. The van der Waals surface area contributed by atoms with Gasteiger partial charge in [0.15, 0.2) is 0 Å². The van der Waals surface area contributed by atoms with E-state index in [1.165, 1.54) is 10.4 Å². The van der Waals surface area contributed by atoms with Crippen molar-refractivity contribution in [3.63, 3.8) is 0 Å². The fraction of sp³-hybridized carbons (Fsp3) is 0.200. The van der Waals surface area contributed by atoms with E-state index in [0.717, 1.165) is 11.4 Å². The maximum Gasteiger partial charge on any atom is 0.0455 e. The zero-order valence-electron chi connectivity index (χ0n) is 6.76.